The maximum absolute atomic E-state index is 12.1. The molecule has 2 amide bonds. The minimum Gasteiger partial charge on any atom is -0.395 e. The molecule has 3 N–H and O–H groups in total. The van der Waals surface area contributed by atoms with E-state index in [1.165, 1.54) is 4.90 Å². The van der Waals surface area contributed by atoms with Gasteiger partial charge in [-0.2, -0.15) is 0 Å². The molecule has 5 heteroatoms. The van der Waals surface area contributed by atoms with E-state index >= 15 is 0 Å². The van der Waals surface area contributed by atoms with Crippen LogP contribution in [0, 0.1) is 5.92 Å². The molecule has 1 atom stereocenters. The van der Waals surface area contributed by atoms with Crippen LogP contribution in [-0.2, 0) is 9.59 Å². The van der Waals surface area contributed by atoms with Crippen LogP contribution in [0.4, 0.5) is 0 Å². The molecule has 0 rings (SSSR count). The molecule has 0 spiro atoms. The van der Waals surface area contributed by atoms with Crippen LogP contribution in [0.2, 0.25) is 0 Å². The molecule has 0 aromatic carbocycles. The van der Waals surface area contributed by atoms with E-state index in [0.717, 1.165) is 32.1 Å². The lowest BCUT2D eigenvalue weighted by Crippen LogP contribution is -2.40. The van der Waals surface area contributed by atoms with E-state index in [1.807, 2.05) is 0 Å². The fourth-order valence-corrected chi connectivity index (χ4v) is 2.23. The molecule has 0 fully saturated rings. The molecule has 19 heavy (non-hydrogen) atoms. The number of unbranched alkanes of at least 4 members (excludes halogenated alkanes) is 1. The molecule has 0 aliphatic rings. The van der Waals surface area contributed by atoms with Gasteiger partial charge in [0.25, 0.3) is 0 Å². The van der Waals surface area contributed by atoms with Crippen molar-refractivity contribution in [3.8, 4) is 0 Å². The largest absolute Gasteiger partial charge is 0.395 e. The van der Waals surface area contributed by atoms with Gasteiger partial charge in [0.2, 0.25) is 11.8 Å². The molecule has 0 aromatic rings. The summed E-state index contributed by atoms with van der Waals surface area (Å²) in [5, 5.41) is 8.93. The third-order valence-electron chi connectivity index (χ3n) is 3.20. The van der Waals surface area contributed by atoms with Crippen LogP contribution in [0.1, 0.15) is 52.4 Å². The van der Waals surface area contributed by atoms with E-state index in [9.17, 15) is 9.59 Å². The highest BCUT2D eigenvalue weighted by atomic mass is 16.3. The van der Waals surface area contributed by atoms with E-state index in [2.05, 4.69) is 13.8 Å². The molecule has 5 nitrogen and oxygen atoms in total. The summed E-state index contributed by atoms with van der Waals surface area (Å²) in [7, 11) is 0. The van der Waals surface area contributed by atoms with Crippen molar-refractivity contribution in [3.63, 3.8) is 0 Å². The Balaban J connectivity index is 4.41. The van der Waals surface area contributed by atoms with Crippen molar-refractivity contribution < 1.29 is 14.7 Å². The second-order valence-electron chi connectivity index (χ2n) is 5.01. The molecule has 0 saturated heterocycles. The predicted molar refractivity (Wildman–Crippen MR) is 75.4 cm³/mol. The average molecular weight is 272 g/mol. The SMILES string of the molecule is CCCCC(CCC)CC(=O)N(CCO)CC(N)=O. The van der Waals surface area contributed by atoms with Crippen LogP contribution in [0.5, 0.6) is 0 Å². The molecule has 0 radical (unpaired) electrons. The number of nitrogens with two attached hydrogens (primary N) is 1. The zero-order valence-electron chi connectivity index (χ0n) is 12.2. The average Bonchev–Trinajstić information content (AvgIpc) is 2.35. The van der Waals surface area contributed by atoms with Gasteiger partial charge in [0, 0.05) is 13.0 Å². The van der Waals surface area contributed by atoms with Gasteiger partial charge in [0.15, 0.2) is 0 Å². The van der Waals surface area contributed by atoms with Gasteiger partial charge in [-0.25, -0.2) is 0 Å². The predicted octanol–water partition coefficient (Wildman–Crippen LogP) is 1.29. The number of carbonyl (C=O) groups is 2. The Morgan fingerprint density at radius 1 is 1.21 bits per heavy atom. The Bertz CT molecular complexity index is 269. The van der Waals surface area contributed by atoms with Gasteiger partial charge in [-0.3, -0.25) is 9.59 Å². The molecular weight excluding hydrogens is 244 g/mol. The summed E-state index contributed by atoms with van der Waals surface area (Å²) in [5.41, 5.74) is 5.12. The summed E-state index contributed by atoms with van der Waals surface area (Å²) in [6.07, 6.45) is 5.80. The summed E-state index contributed by atoms with van der Waals surface area (Å²) in [6, 6.07) is 0. The first kappa shape index (κ1) is 17.9. The van der Waals surface area contributed by atoms with E-state index in [-0.39, 0.29) is 25.6 Å². The molecule has 0 heterocycles. The van der Waals surface area contributed by atoms with E-state index < -0.39 is 5.91 Å². The van der Waals surface area contributed by atoms with Crippen molar-refractivity contribution in [1.82, 2.24) is 4.90 Å². The highest BCUT2D eigenvalue weighted by Gasteiger charge is 2.19. The molecule has 0 saturated carbocycles. The fraction of sp³-hybridized carbons (Fsp3) is 0.857. The van der Waals surface area contributed by atoms with Gasteiger partial charge in [-0.1, -0.05) is 39.5 Å². The second-order valence-corrected chi connectivity index (χ2v) is 5.01. The number of rotatable bonds is 11. The van der Waals surface area contributed by atoms with Crippen LogP contribution in [0.15, 0.2) is 0 Å². The maximum atomic E-state index is 12.1. The number of nitrogens with zero attached hydrogens (tertiary/aromatic N) is 1. The van der Waals surface area contributed by atoms with E-state index in [0.29, 0.717) is 12.3 Å². The number of amides is 2. The zero-order chi connectivity index (χ0) is 14.7. The van der Waals surface area contributed by atoms with Crippen molar-refractivity contribution in [2.24, 2.45) is 11.7 Å². The normalized spacial score (nSPS) is 12.2. The number of primary amides is 1. The van der Waals surface area contributed by atoms with Crippen LogP contribution in [0.25, 0.3) is 0 Å². The molecule has 0 bridgehead atoms. The van der Waals surface area contributed by atoms with Crippen molar-refractivity contribution in [1.29, 1.82) is 0 Å². The number of aliphatic hydroxyl groups excluding tert-OH is 1. The molecule has 1 unspecified atom stereocenters. The standard InChI is InChI=1S/C14H28N2O3/c1-3-5-7-12(6-4-2)10-14(19)16(8-9-17)11-13(15)18/h12,17H,3-11H2,1-2H3,(H2,15,18). The molecule has 0 aliphatic carbocycles. The fourth-order valence-electron chi connectivity index (χ4n) is 2.23. The van der Waals surface area contributed by atoms with Crippen LogP contribution < -0.4 is 5.73 Å². The van der Waals surface area contributed by atoms with Crippen molar-refractivity contribution in [2.45, 2.75) is 52.4 Å². The summed E-state index contributed by atoms with van der Waals surface area (Å²) in [5.74, 6) is -0.253. The number of hydrogen-bond donors (Lipinski definition) is 2. The molecule has 112 valence electrons. The second kappa shape index (κ2) is 10.8. The molecular formula is C14H28N2O3. The Hall–Kier alpha value is -1.10. The van der Waals surface area contributed by atoms with Gasteiger partial charge in [0.05, 0.1) is 13.2 Å². The monoisotopic (exact) mass is 272 g/mol. The lowest BCUT2D eigenvalue weighted by molar-refractivity contribution is -0.136. The van der Waals surface area contributed by atoms with Crippen molar-refractivity contribution in [2.75, 3.05) is 19.7 Å². The lowest BCUT2D eigenvalue weighted by atomic mass is 9.93. The van der Waals surface area contributed by atoms with E-state index in [4.69, 9.17) is 10.8 Å². The summed E-state index contributed by atoms with van der Waals surface area (Å²) in [4.78, 5) is 24.4. The summed E-state index contributed by atoms with van der Waals surface area (Å²) in [6.45, 7) is 4.17. The Morgan fingerprint density at radius 3 is 2.37 bits per heavy atom. The first-order valence-corrected chi connectivity index (χ1v) is 7.22. The number of hydrogen-bond acceptors (Lipinski definition) is 3. The van der Waals surface area contributed by atoms with Gasteiger partial charge in [-0.05, 0) is 12.3 Å². The van der Waals surface area contributed by atoms with Crippen LogP contribution >= 0.6 is 0 Å². The van der Waals surface area contributed by atoms with Crippen molar-refractivity contribution in [3.05, 3.63) is 0 Å². The lowest BCUT2D eigenvalue weighted by Gasteiger charge is -2.23. The third kappa shape index (κ3) is 8.59. The van der Waals surface area contributed by atoms with Crippen LogP contribution in [-0.4, -0.2) is 41.5 Å². The van der Waals surface area contributed by atoms with Gasteiger partial charge in [-0.15, -0.1) is 0 Å². The first-order chi connectivity index (χ1) is 9.04. The molecule has 0 aliphatic heterocycles. The number of aliphatic hydroxyl groups is 1. The quantitative estimate of drug-likeness (QED) is 0.594. The van der Waals surface area contributed by atoms with Gasteiger partial charge < -0.3 is 15.7 Å². The maximum Gasteiger partial charge on any atom is 0.237 e. The highest BCUT2D eigenvalue weighted by Crippen LogP contribution is 2.19. The smallest absolute Gasteiger partial charge is 0.237 e. The van der Waals surface area contributed by atoms with Crippen LogP contribution in [0.3, 0.4) is 0 Å². The minimum absolute atomic E-state index is 0.0811. The summed E-state index contributed by atoms with van der Waals surface area (Å²) < 4.78 is 0. The first-order valence-electron chi connectivity index (χ1n) is 7.22. The molecule has 0 aromatic heterocycles. The van der Waals surface area contributed by atoms with Crippen molar-refractivity contribution >= 4 is 11.8 Å². The Labute approximate surface area is 116 Å². The minimum atomic E-state index is -0.539. The van der Waals surface area contributed by atoms with Gasteiger partial charge >= 0.3 is 0 Å². The Kier molecular flexibility index (Phi) is 10.2. The van der Waals surface area contributed by atoms with Gasteiger partial charge in [0.1, 0.15) is 0 Å². The third-order valence-corrected chi connectivity index (χ3v) is 3.20. The number of carbonyl (C=O) groups excluding carboxylic acids is 2. The van der Waals surface area contributed by atoms with E-state index in [1.54, 1.807) is 0 Å². The topological polar surface area (TPSA) is 83.6 Å². The Morgan fingerprint density at radius 2 is 1.89 bits per heavy atom. The zero-order valence-corrected chi connectivity index (χ0v) is 12.2. The summed E-state index contributed by atoms with van der Waals surface area (Å²) >= 11 is 0. The highest BCUT2D eigenvalue weighted by molar-refractivity contribution is 5.83.